The van der Waals surface area contributed by atoms with Crippen LogP contribution in [0.4, 0.5) is 4.39 Å². The molecule has 4 nitrogen and oxygen atoms in total. The van der Waals surface area contributed by atoms with E-state index in [4.69, 9.17) is 14.2 Å². The van der Waals surface area contributed by atoms with Crippen molar-refractivity contribution in [2.45, 2.75) is 51.0 Å². The molecular formula is C19H26FNO3. The number of benzene rings is 1. The van der Waals surface area contributed by atoms with Crippen LogP contribution in [0.2, 0.25) is 0 Å². The zero-order chi connectivity index (χ0) is 17.2. The molecule has 0 saturated heterocycles. The molecule has 0 heterocycles. The lowest BCUT2D eigenvalue weighted by atomic mass is 9.87. The minimum Gasteiger partial charge on any atom is -0.486 e. The Morgan fingerprint density at radius 3 is 2.58 bits per heavy atom. The molecule has 1 aromatic rings. The molecule has 24 heavy (non-hydrogen) atoms. The molecular weight excluding hydrogens is 309 g/mol. The summed E-state index contributed by atoms with van der Waals surface area (Å²) < 4.78 is 30.3. The Morgan fingerprint density at radius 2 is 1.92 bits per heavy atom. The molecule has 0 aliphatic heterocycles. The largest absolute Gasteiger partial charge is 0.486 e. The number of nitriles is 1. The third-order valence-corrected chi connectivity index (χ3v) is 4.52. The molecule has 132 valence electrons. The molecule has 2 rings (SSSR count). The quantitative estimate of drug-likeness (QED) is 0.546. The molecule has 1 aliphatic carbocycles. The average Bonchev–Trinajstić information content (AvgIpc) is 2.54. The molecule has 0 radical (unpaired) electrons. The zero-order valence-corrected chi connectivity index (χ0v) is 14.3. The van der Waals surface area contributed by atoms with Gasteiger partial charge in [-0.1, -0.05) is 38.2 Å². The van der Waals surface area contributed by atoms with Crippen molar-refractivity contribution in [1.82, 2.24) is 0 Å². The highest BCUT2D eigenvalue weighted by molar-refractivity contribution is 5.43. The molecule has 1 saturated carbocycles. The lowest BCUT2D eigenvalue weighted by molar-refractivity contribution is -0.0689. The fraction of sp³-hybridized carbons (Fsp3) is 0.632. The topological polar surface area (TPSA) is 51.5 Å². The van der Waals surface area contributed by atoms with Crippen molar-refractivity contribution in [2.24, 2.45) is 5.92 Å². The summed E-state index contributed by atoms with van der Waals surface area (Å²) in [5.74, 6) is 0.0896. The first kappa shape index (κ1) is 18.7. The fourth-order valence-corrected chi connectivity index (χ4v) is 3.25. The predicted octanol–water partition coefficient (Wildman–Crippen LogP) is 4.43. The van der Waals surface area contributed by atoms with Crippen LogP contribution in [0.5, 0.6) is 5.75 Å². The number of ether oxygens (including phenoxy) is 3. The van der Waals surface area contributed by atoms with Crippen LogP contribution in [0, 0.1) is 23.1 Å². The van der Waals surface area contributed by atoms with Gasteiger partial charge in [0.25, 0.3) is 0 Å². The first-order chi connectivity index (χ1) is 11.8. The molecule has 1 atom stereocenters. The fourth-order valence-electron chi connectivity index (χ4n) is 3.25. The summed E-state index contributed by atoms with van der Waals surface area (Å²) in [5.41, 5.74) is -0.0416. The second kappa shape index (κ2) is 10.3. The first-order valence-electron chi connectivity index (χ1n) is 8.68. The maximum Gasteiger partial charge on any atom is 0.146 e. The van der Waals surface area contributed by atoms with Crippen molar-refractivity contribution < 1.29 is 18.6 Å². The second-order valence-corrected chi connectivity index (χ2v) is 6.26. The van der Waals surface area contributed by atoms with Crippen LogP contribution in [0.1, 0.15) is 50.5 Å². The molecule has 1 fully saturated rings. The number of hydrogen-bond acceptors (Lipinski definition) is 4. The van der Waals surface area contributed by atoms with Gasteiger partial charge in [0.05, 0.1) is 6.61 Å². The van der Waals surface area contributed by atoms with Gasteiger partial charge in [-0.25, -0.2) is 4.39 Å². The predicted molar refractivity (Wildman–Crippen MR) is 89.2 cm³/mol. The van der Waals surface area contributed by atoms with E-state index in [1.807, 2.05) is 6.07 Å². The van der Waals surface area contributed by atoms with Crippen molar-refractivity contribution in [3.05, 3.63) is 29.6 Å². The van der Waals surface area contributed by atoms with Gasteiger partial charge in [0.15, 0.2) is 0 Å². The van der Waals surface area contributed by atoms with Gasteiger partial charge in [-0.3, -0.25) is 0 Å². The maximum atomic E-state index is 13.8. The third-order valence-electron chi connectivity index (χ3n) is 4.52. The van der Waals surface area contributed by atoms with Crippen molar-refractivity contribution >= 4 is 0 Å². The molecule has 0 N–H and O–H groups in total. The smallest absolute Gasteiger partial charge is 0.146 e. The van der Waals surface area contributed by atoms with E-state index in [9.17, 15) is 9.65 Å². The summed E-state index contributed by atoms with van der Waals surface area (Å²) in [6.07, 6.45) is 8.05. The lowest BCUT2D eigenvalue weighted by Gasteiger charge is -2.29. The van der Waals surface area contributed by atoms with E-state index in [-0.39, 0.29) is 18.5 Å². The molecule has 1 aromatic carbocycles. The van der Waals surface area contributed by atoms with Gasteiger partial charge in [0, 0.05) is 7.11 Å². The highest BCUT2D eigenvalue weighted by Gasteiger charge is 2.25. The summed E-state index contributed by atoms with van der Waals surface area (Å²) >= 11 is 0. The van der Waals surface area contributed by atoms with Crippen molar-refractivity contribution in [3.8, 4) is 11.8 Å². The lowest BCUT2D eigenvalue weighted by Crippen LogP contribution is -2.33. The minimum absolute atomic E-state index is 0.0416. The Bertz CT molecular complexity index is 536. The summed E-state index contributed by atoms with van der Waals surface area (Å²) in [5, 5.41) is 9.20. The highest BCUT2D eigenvalue weighted by atomic mass is 19.1. The van der Waals surface area contributed by atoms with E-state index in [2.05, 4.69) is 0 Å². The van der Waals surface area contributed by atoms with Crippen LogP contribution in [-0.4, -0.2) is 26.6 Å². The van der Waals surface area contributed by atoms with E-state index < -0.39 is 5.82 Å². The Hall–Kier alpha value is -1.64. The Labute approximate surface area is 143 Å². The normalized spacial score (nSPS) is 17.5. The van der Waals surface area contributed by atoms with Crippen molar-refractivity contribution in [3.63, 3.8) is 0 Å². The van der Waals surface area contributed by atoms with Crippen LogP contribution >= 0.6 is 0 Å². The standard InChI is InChI=1S/C19H26FNO3/c1-22-14-23-13-19(15-8-5-3-2-4-6-9-15)24-18-11-7-10-17(20)16(18)12-21/h7,10-11,15,19H,2-6,8-9,13-14H2,1H3. The molecule has 0 bridgehead atoms. The summed E-state index contributed by atoms with van der Waals surface area (Å²) in [7, 11) is 1.58. The summed E-state index contributed by atoms with van der Waals surface area (Å²) in [4.78, 5) is 0. The van der Waals surface area contributed by atoms with Gasteiger partial charge in [-0.05, 0) is 30.9 Å². The second-order valence-electron chi connectivity index (χ2n) is 6.26. The van der Waals surface area contributed by atoms with Crippen molar-refractivity contribution in [1.29, 1.82) is 5.26 Å². The number of rotatable bonds is 7. The van der Waals surface area contributed by atoms with E-state index in [0.717, 1.165) is 12.8 Å². The van der Waals surface area contributed by atoms with E-state index in [1.54, 1.807) is 19.2 Å². The number of halogens is 1. The van der Waals surface area contributed by atoms with Gasteiger partial charge in [0.2, 0.25) is 0 Å². The van der Waals surface area contributed by atoms with Gasteiger partial charge >= 0.3 is 0 Å². The Balaban J connectivity index is 2.13. The van der Waals surface area contributed by atoms with Gasteiger partial charge < -0.3 is 14.2 Å². The van der Waals surface area contributed by atoms with Gasteiger partial charge in [-0.2, -0.15) is 5.26 Å². The number of hydrogen-bond donors (Lipinski definition) is 0. The Kier molecular flexibility index (Phi) is 8.00. The SMILES string of the molecule is COCOCC(Oc1cccc(F)c1C#N)C1CCCCCCC1. The monoisotopic (exact) mass is 335 g/mol. The average molecular weight is 335 g/mol. The van der Waals surface area contributed by atoms with Gasteiger partial charge in [-0.15, -0.1) is 0 Å². The van der Waals surface area contributed by atoms with Gasteiger partial charge in [0.1, 0.15) is 36.1 Å². The van der Waals surface area contributed by atoms with Crippen LogP contribution < -0.4 is 4.74 Å². The molecule has 0 spiro atoms. The first-order valence-corrected chi connectivity index (χ1v) is 8.68. The minimum atomic E-state index is -0.552. The van der Waals surface area contributed by atoms with Crippen LogP contribution in [0.3, 0.4) is 0 Å². The summed E-state index contributed by atoms with van der Waals surface area (Å²) in [6, 6.07) is 6.38. The number of nitrogens with zero attached hydrogens (tertiary/aromatic N) is 1. The molecule has 5 heteroatoms. The summed E-state index contributed by atoms with van der Waals surface area (Å²) in [6.45, 7) is 0.570. The highest BCUT2D eigenvalue weighted by Crippen LogP contribution is 2.29. The zero-order valence-electron chi connectivity index (χ0n) is 14.3. The van der Waals surface area contributed by atoms with Crippen LogP contribution in [0.15, 0.2) is 18.2 Å². The van der Waals surface area contributed by atoms with E-state index in [1.165, 1.54) is 38.2 Å². The van der Waals surface area contributed by atoms with Crippen LogP contribution in [-0.2, 0) is 9.47 Å². The molecule has 0 amide bonds. The Morgan fingerprint density at radius 1 is 1.21 bits per heavy atom. The maximum absolute atomic E-state index is 13.8. The molecule has 1 unspecified atom stereocenters. The molecule has 0 aromatic heterocycles. The molecule has 1 aliphatic rings. The third kappa shape index (κ3) is 5.47. The van der Waals surface area contributed by atoms with Crippen molar-refractivity contribution in [2.75, 3.05) is 20.5 Å². The number of methoxy groups -OCH3 is 1. The van der Waals surface area contributed by atoms with E-state index >= 15 is 0 Å². The van der Waals surface area contributed by atoms with E-state index in [0.29, 0.717) is 18.3 Å². The van der Waals surface area contributed by atoms with Crippen LogP contribution in [0.25, 0.3) is 0 Å².